The van der Waals surface area contributed by atoms with Crippen molar-refractivity contribution < 1.29 is 27.7 Å². The maximum Gasteiger partial charge on any atom is 0.243 e. The standard InChI is InChI=1S/C41H47ClN2O6S/c1-4-40(45)38-20-13-32(38)27-43-22-6-5-7-31-23-34(42)14-12-33(31)28-50-41-21-19-37(24-39(41)43)51(46,47)44(25-29-8-15-35(48-2)16-9-29)26-30-10-17-36(49-3)18-11-30/h4,8-12,14-19,21,23-24,32,38,40,45H,1,5-7,13,20,22,25-28H2,2-3H3/t32-,38+,40-/m0/s1. The Morgan fingerprint density at radius 2 is 1.59 bits per heavy atom. The van der Waals surface area contributed by atoms with Gasteiger partial charge in [0.1, 0.15) is 23.9 Å². The molecule has 3 atom stereocenters. The third-order valence-corrected chi connectivity index (χ3v) is 12.3. The van der Waals surface area contributed by atoms with Crippen molar-refractivity contribution in [2.45, 2.75) is 62.8 Å². The Morgan fingerprint density at radius 3 is 2.18 bits per heavy atom. The normalized spacial score (nSPS) is 18.3. The van der Waals surface area contributed by atoms with Crippen LogP contribution >= 0.6 is 11.6 Å². The zero-order valence-corrected chi connectivity index (χ0v) is 30.9. The first-order valence-corrected chi connectivity index (χ1v) is 19.4. The van der Waals surface area contributed by atoms with E-state index in [2.05, 4.69) is 11.5 Å². The molecule has 1 aliphatic heterocycles. The molecular weight excluding hydrogens is 684 g/mol. The lowest BCUT2D eigenvalue weighted by atomic mass is 9.70. The number of aliphatic hydroxyl groups is 1. The number of sulfonamides is 1. The van der Waals surface area contributed by atoms with E-state index in [0.29, 0.717) is 42.0 Å². The Hall–Kier alpha value is -4.02. The van der Waals surface area contributed by atoms with Gasteiger partial charge in [0.15, 0.2) is 0 Å². The Kier molecular flexibility index (Phi) is 11.9. The second-order valence-electron chi connectivity index (χ2n) is 13.4. The van der Waals surface area contributed by atoms with E-state index in [0.717, 1.165) is 60.0 Å². The molecule has 0 spiro atoms. The van der Waals surface area contributed by atoms with Gasteiger partial charge < -0.3 is 24.2 Å². The maximum atomic E-state index is 14.7. The van der Waals surface area contributed by atoms with Crippen molar-refractivity contribution in [3.8, 4) is 17.2 Å². The molecule has 6 rings (SSSR count). The third-order valence-electron chi connectivity index (χ3n) is 10.2. The van der Waals surface area contributed by atoms with Gasteiger partial charge in [0.05, 0.1) is 30.9 Å². The Labute approximate surface area is 307 Å². The topological polar surface area (TPSA) is 88.5 Å². The number of aryl methyl sites for hydroxylation is 1. The van der Waals surface area contributed by atoms with Crippen LogP contribution in [0.15, 0.2) is 102 Å². The predicted molar refractivity (Wildman–Crippen MR) is 202 cm³/mol. The lowest BCUT2D eigenvalue weighted by molar-refractivity contribution is 0.0465. The van der Waals surface area contributed by atoms with Crippen molar-refractivity contribution in [2.75, 3.05) is 32.2 Å². The summed E-state index contributed by atoms with van der Waals surface area (Å²) in [4.78, 5) is 2.46. The summed E-state index contributed by atoms with van der Waals surface area (Å²) in [5, 5.41) is 11.4. The molecule has 1 heterocycles. The van der Waals surface area contributed by atoms with Crippen molar-refractivity contribution >= 4 is 27.3 Å². The number of fused-ring (bicyclic) bond motifs is 2. The maximum absolute atomic E-state index is 14.7. The highest BCUT2D eigenvalue weighted by molar-refractivity contribution is 7.89. The van der Waals surface area contributed by atoms with Gasteiger partial charge in [-0.05, 0) is 121 Å². The van der Waals surface area contributed by atoms with Crippen molar-refractivity contribution in [3.05, 3.63) is 125 Å². The van der Waals surface area contributed by atoms with Crippen LogP contribution < -0.4 is 19.1 Å². The molecule has 1 aliphatic carbocycles. The van der Waals surface area contributed by atoms with Crippen LogP contribution in [0.2, 0.25) is 5.02 Å². The molecule has 1 saturated carbocycles. The van der Waals surface area contributed by atoms with Gasteiger partial charge in [-0.2, -0.15) is 4.31 Å². The molecule has 0 radical (unpaired) electrons. The lowest BCUT2D eigenvalue weighted by Gasteiger charge is -2.42. The average molecular weight is 731 g/mol. The summed E-state index contributed by atoms with van der Waals surface area (Å²) in [5.74, 6) is 2.38. The number of hydrogen-bond donors (Lipinski definition) is 1. The summed E-state index contributed by atoms with van der Waals surface area (Å²) in [6.07, 6.45) is 5.68. The van der Waals surface area contributed by atoms with Gasteiger partial charge >= 0.3 is 0 Å². The zero-order valence-electron chi connectivity index (χ0n) is 29.3. The quantitative estimate of drug-likeness (QED) is 0.148. The fourth-order valence-corrected chi connectivity index (χ4v) is 8.68. The molecule has 0 bridgehead atoms. The molecule has 0 saturated heterocycles. The van der Waals surface area contributed by atoms with Gasteiger partial charge in [-0.25, -0.2) is 8.42 Å². The van der Waals surface area contributed by atoms with Crippen molar-refractivity contribution in [1.29, 1.82) is 0 Å². The number of rotatable bonds is 12. The number of hydrogen-bond acceptors (Lipinski definition) is 7. The highest BCUT2D eigenvalue weighted by atomic mass is 35.5. The second kappa shape index (κ2) is 16.5. The van der Waals surface area contributed by atoms with Crippen molar-refractivity contribution in [2.24, 2.45) is 11.8 Å². The molecule has 0 amide bonds. The summed E-state index contributed by atoms with van der Waals surface area (Å²) in [6, 6.07) is 26.0. The molecule has 270 valence electrons. The van der Waals surface area contributed by atoms with Gasteiger partial charge in [0, 0.05) is 31.2 Å². The number of ether oxygens (including phenoxy) is 3. The summed E-state index contributed by atoms with van der Waals surface area (Å²) in [5.41, 5.74) is 4.64. The molecule has 10 heteroatoms. The number of methoxy groups -OCH3 is 2. The van der Waals surface area contributed by atoms with Crippen LogP contribution in [0.3, 0.4) is 0 Å². The summed E-state index contributed by atoms with van der Waals surface area (Å²) in [7, 11) is -0.798. The van der Waals surface area contributed by atoms with E-state index in [1.165, 1.54) is 4.31 Å². The van der Waals surface area contributed by atoms with E-state index in [4.69, 9.17) is 25.8 Å². The lowest BCUT2D eigenvalue weighted by Crippen LogP contribution is -2.43. The first-order valence-electron chi connectivity index (χ1n) is 17.5. The van der Waals surface area contributed by atoms with E-state index in [1.807, 2.05) is 66.7 Å². The van der Waals surface area contributed by atoms with Crippen LogP contribution in [0.1, 0.15) is 47.9 Å². The molecule has 4 aromatic carbocycles. The van der Waals surface area contributed by atoms with E-state index < -0.39 is 16.1 Å². The van der Waals surface area contributed by atoms with E-state index in [-0.39, 0.29) is 29.8 Å². The molecule has 2 aliphatic rings. The van der Waals surface area contributed by atoms with E-state index in [9.17, 15) is 13.5 Å². The van der Waals surface area contributed by atoms with Crippen LogP contribution in [0.25, 0.3) is 0 Å². The first-order chi connectivity index (χ1) is 24.7. The van der Waals surface area contributed by atoms with Crippen molar-refractivity contribution in [3.63, 3.8) is 0 Å². The van der Waals surface area contributed by atoms with Crippen molar-refractivity contribution in [1.82, 2.24) is 4.31 Å². The zero-order chi connectivity index (χ0) is 36.0. The minimum atomic E-state index is -4.01. The van der Waals surface area contributed by atoms with Gasteiger partial charge in [-0.15, -0.1) is 6.58 Å². The molecule has 8 nitrogen and oxygen atoms in total. The molecule has 4 aromatic rings. The van der Waals surface area contributed by atoms with Gasteiger partial charge in [0.2, 0.25) is 10.0 Å². The van der Waals surface area contributed by atoms with Gasteiger partial charge in [-0.3, -0.25) is 0 Å². The second-order valence-corrected chi connectivity index (χ2v) is 15.8. The van der Waals surface area contributed by atoms with E-state index >= 15 is 0 Å². The molecule has 1 N–H and O–H groups in total. The molecule has 0 aromatic heterocycles. The third kappa shape index (κ3) is 8.72. The van der Waals surface area contributed by atoms with E-state index in [1.54, 1.807) is 38.5 Å². The van der Waals surface area contributed by atoms with Crippen LogP contribution in [-0.2, 0) is 36.1 Å². The average Bonchev–Trinajstić information content (AvgIpc) is 3.16. The minimum absolute atomic E-state index is 0.118. The fraction of sp³-hybridized carbons (Fsp3) is 0.366. The van der Waals surface area contributed by atoms with Crippen LogP contribution in [0.5, 0.6) is 17.2 Å². The van der Waals surface area contributed by atoms with Crippen LogP contribution in [0, 0.1) is 11.8 Å². The van der Waals surface area contributed by atoms with Gasteiger partial charge in [-0.1, -0.05) is 48.0 Å². The summed E-state index contributed by atoms with van der Waals surface area (Å²) in [6.45, 7) is 5.88. The highest BCUT2D eigenvalue weighted by Gasteiger charge is 2.37. The van der Waals surface area contributed by atoms with Gasteiger partial charge in [0.25, 0.3) is 0 Å². The number of nitrogens with zero attached hydrogens (tertiary/aromatic N) is 2. The van der Waals surface area contributed by atoms with Crippen LogP contribution in [0.4, 0.5) is 5.69 Å². The first kappa shape index (κ1) is 36.8. The Bertz CT molecular complexity index is 1850. The number of halogens is 1. The largest absolute Gasteiger partial charge is 0.497 e. The molecule has 51 heavy (non-hydrogen) atoms. The smallest absolute Gasteiger partial charge is 0.243 e. The highest BCUT2D eigenvalue weighted by Crippen LogP contribution is 2.41. The molecular formula is C41H47ClN2O6S. The Balaban J connectivity index is 1.38. The number of benzene rings is 4. The number of aliphatic hydroxyl groups excluding tert-OH is 1. The summed E-state index contributed by atoms with van der Waals surface area (Å²) < 4.78 is 48.2. The summed E-state index contributed by atoms with van der Waals surface area (Å²) >= 11 is 6.38. The van der Waals surface area contributed by atoms with Crippen LogP contribution in [-0.4, -0.2) is 51.2 Å². The monoisotopic (exact) mass is 730 g/mol. The molecule has 1 fully saturated rings. The number of anilines is 1. The SMILES string of the molecule is C=C[C@H](O)[C@@H]1CC[C@H]1CN1CCCCc2cc(Cl)ccc2COc2ccc(S(=O)(=O)N(Cc3ccc(OC)cc3)Cc3ccc(OC)cc3)cc21. The predicted octanol–water partition coefficient (Wildman–Crippen LogP) is 8.04. The molecule has 0 unspecified atom stereocenters. The fourth-order valence-electron chi connectivity index (χ4n) is 7.05. The Morgan fingerprint density at radius 1 is 0.922 bits per heavy atom. The minimum Gasteiger partial charge on any atom is -0.497 e.